The Hall–Kier alpha value is -2.14. The molecular weight excluding hydrogens is 290 g/mol. The molecule has 0 fully saturated rings. The molecule has 1 N–H and O–H groups in total. The van der Waals surface area contributed by atoms with Crippen molar-refractivity contribution in [1.82, 2.24) is 14.9 Å². The largest absolute Gasteiger partial charge is 0.371 e. The summed E-state index contributed by atoms with van der Waals surface area (Å²) in [6.07, 6.45) is 5.10. The van der Waals surface area contributed by atoms with Crippen molar-refractivity contribution in [3.05, 3.63) is 54.1 Å². The number of benzene rings is 1. The van der Waals surface area contributed by atoms with Crippen molar-refractivity contribution in [3.8, 4) is 0 Å². The van der Waals surface area contributed by atoms with E-state index in [-0.39, 0.29) is 17.6 Å². The zero-order valence-electron chi connectivity index (χ0n) is 14.2. The van der Waals surface area contributed by atoms with Crippen molar-refractivity contribution in [2.45, 2.75) is 52.5 Å². The van der Waals surface area contributed by atoms with Crippen molar-refractivity contribution in [3.63, 3.8) is 0 Å². The highest BCUT2D eigenvalue weighted by atomic mass is 16.5. The van der Waals surface area contributed by atoms with Gasteiger partial charge >= 0.3 is 0 Å². The lowest BCUT2D eigenvalue weighted by molar-refractivity contribution is -0.124. The van der Waals surface area contributed by atoms with E-state index in [2.05, 4.69) is 16.4 Å². The van der Waals surface area contributed by atoms with Gasteiger partial charge in [-0.3, -0.25) is 4.79 Å². The molecule has 1 heterocycles. The molecule has 0 aliphatic heterocycles. The third-order valence-electron chi connectivity index (χ3n) is 3.48. The predicted octanol–water partition coefficient (Wildman–Crippen LogP) is 3.08. The standard InChI is InChI=1S/C18H25N3O2/c1-14(21-9-8-19-13-21)17(22)20-11-15-6-5-7-16(10-15)12-23-18(2,3)4/h5-10,13-14H,11-12H2,1-4H3,(H,20,22). The van der Waals surface area contributed by atoms with Crippen molar-refractivity contribution in [2.24, 2.45) is 0 Å². The lowest BCUT2D eigenvalue weighted by Gasteiger charge is -2.19. The normalized spacial score (nSPS) is 12.9. The van der Waals surface area contributed by atoms with Gasteiger partial charge in [-0.1, -0.05) is 24.3 Å². The first kappa shape index (κ1) is 17.2. The third-order valence-corrected chi connectivity index (χ3v) is 3.48. The molecule has 1 aromatic carbocycles. The van der Waals surface area contributed by atoms with Crippen LogP contribution in [-0.4, -0.2) is 21.1 Å². The second-order valence-electron chi connectivity index (χ2n) is 6.62. The quantitative estimate of drug-likeness (QED) is 0.891. The summed E-state index contributed by atoms with van der Waals surface area (Å²) in [4.78, 5) is 16.1. The van der Waals surface area contributed by atoms with Crippen LogP contribution in [0.3, 0.4) is 0 Å². The highest BCUT2D eigenvalue weighted by molar-refractivity contribution is 5.79. The third kappa shape index (κ3) is 5.53. The molecule has 1 atom stereocenters. The molecule has 5 nitrogen and oxygen atoms in total. The molecule has 0 bridgehead atoms. The molecule has 2 aromatic rings. The summed E-state index contributed by atoms with van der Waals surface area (Å²) >= 11 is 0. The van der Waals surface area contributed by atoms with Crippen molar-refractivity contribution in [2.75, 3.05) is 0 Å². The minimum Gasteiger partial charge on any atom is -0.371 e. The fraction of sp³-hybridized carbons (Fsp3) is 0.444. The molecule has 0 radical (unpaired) electrons. The van der Waals surface area contributed by atoms with Crippen molar-refractivity contribution < 1.29 is 9.53 Å². The van der Waals surface area contributed by atoms with Crippen LogP contribution in [0.25, 0.3) is 0 Å². The first-order valence-electron chi connectivity index (χ1n) is 7.82. The summed E-state index contributed by atoms with van der Waals surface area (Å²) in [6, 6.07) is 7.81. The molecule has 1 amide bonds. The molecule has 0 aliphatic rings. The molecule has 0 aliphatic carbocycles. The molecule has 2 rings (SSSR count). The number of carbonyl (C=O) groups excluding carboxylic acids is 1. The summed E-state index contributed by atoms with van der Waals surface area (Å²) in [5.74, 6) is -0.0284. The van der Waals surface area contributed by atoms with Gasteiger partial charge < -0.3 is 14.6 Å². The molecule has 0 saturated heterocycles. The Labute approximate surface area is 137 Å². The SMILES string of the molecule is CC(C(=O)NCc1cccc(COC(C)(C)C)c1)n1ccnc1. The maximum atomic E-state index is 12.2. The molecule has 1 aromatic heterocycles. The number of nitrogens with one attached hydrogen (secondary N) is 1. The highest BCUT2D eigenvalue weighted by Crippen LogP contribution is 2.13. The second-order valence-corrected chi connectivity index (χ2v) is 6.62. The van der Waals surface area contributed by atoms with Crippen LogP contribution < -0.4 is 5.32 Å². The molecule has 0 saturated carbocycles. The van der Waals surface area contributed by atoms with Crippen LogP contribution in [-0.2, 0) is 22.7 Å². The van der Waals surface area contributed by atoms with Gasteiger partial charge in [-0.25, -0.2) is 4.98 Å². The summed E-state index contributed by atoms with van der Waals surface area (Å²) in [5, 5.41) is 2.96. The zero-order chi connectivity index (χ0) is 16.9. The van der Waals surface area contributed by atoms with Gasteiger partial charge in [0.05, 0.1) is 18.5 Å². The van der Waals surface area contributed by atoms with E-state index in [1.54, 1.807) is 23.3 Å². The Balaban J connectivity index is 1.89. The van der Waals surface area contributed by atoms with E-state index in [0.29, 0.717) is 13.2 Å². The summed E-state index contributed by atoms with van der Waals surface area (Å²) in [5.41, 5.74) is 2.00. The maximum absolute atomic E-state index is 12.2. The van der Waals surface area contributed by atoms with Crippen LogP contribution >= 0.6 is 0 Å². The Morgan fingerprint density at radius 1 is 1.35 bits per heavy atom. The number of hydrogen-bond acceptors (Lipinski definition) is 3. The topological polar surface area (TPSA) is 56.1 Å². The molecule has 5 heteroatoms. The van der Waals surface area contributed by atoms with E-state index < -0.39 is 0 Å². The van der Waals surface area contributed by atoms with Gasteiger partial charge in [-0.05, 0) is 38.8 Å². The zero-order valence-corrected chi connectivity index (χ0v) is 14.2. The predicted molar refractivity (Wildman–Crippen MR) is 89.8 cm³/mol. The minimum atomic E-state index is -0.273. The van der Waals surface area contributed by atoms with E-state index in [1.165, 1.54) is 0 Å². The molecule has 1 unspecified atom stereocenters. The van der Waals surface area contributed by atoms with Crippen LogP contribution in [0.4, 0.5) is 0 Å². The second kappa shape index (κ2) is 7.42. The van der Waals surface area contributed by atoms with E-state index >= 15 is 0 Å². The monoisotopic (exact) mass is 315 g/mol. The number of amides is 1. The van der Waals surface area contributed by atoms with Crippen LogP contribution in [0.2, 0.25) is 0 Å². The number of aromatic nitrogens is 2. The Morgan fingerprint density at radius 2 is 2.09 bits per heavy atom. The Bertz CT molecular complexity index is 630. The smallest absolute Gasteiger partial charge is 0.243 e. The van der Waals surface area contributed by atoms with Gasteiger partial charge in [0, 0.05) is 18.9 Å². The average Bonchev–Trinajstić information content (AvgIpc) is 3.04. The van der Waals surface area contributed by atoms with Gasteiger partial charge in [0.2, 0.25) is 5.91 Å². The summed E-state index contributed by atoms with van der Waals surface area (Å²) < 4.78 is 7.57. The van der Waals surface area contributed by atoms with Crippen LogP contribution in [0.1, 0.15) is 44.9 Å². The average molecular weight is 315 g/mol. The summed E-state index contributed by atoms with van der Waals surface area (Å²) in [6.45, 7) is 9.03. The lowest BCUT2D eigenvalue weighted by Crippen LogP contribution is -2.30. The fourth-order valence-electron chi connectivity index (χ4n) is 2.10. The number of imidazole rings is 1. The van der Waals surface area contributed by atoms with Crippen LogP contribution in [0, 0.1) is 0 Å². The van der Waals surface area contributed by atoms with Crippen LogP contribution in [0.5, 0.6) is 0 Å². The molecule has 124 valence electrons. The van der Waals surface area contributed by atoms with Gasteiger partial charge in [0.15, 0.2) is 0 Å². The maximum Gasteiger partial charge on any atom is 0.243 e. The molecule has 23 heavy (non-hydrogen) atoms. The van der Waals surface area contributed by atoms with Crippen molar-refractivity contribution in [1.29, 1.82) is 0 Å². The number of rotatable bonds is 6. The first-order valence-corrected chi connectivity index (χ1v) is 7.82. The van der Waals surface area contributed by atoms with Gasteiger partial charge in [-0.15, -0.1) is 0 Å². The molecule has 0 spiro atoms. The minimum absolute atomic E-state index is 0.0284. The summed E-state index contributed by atoms with van der Waals surface area (Å²) in [7, 11) is 0. The fourth-order valence-corrected chi connectivity index (χ4v) is 2.10. The van der Waals surface area contributed by atoms with Gasteiger partial charge in [0.1, 0.15) is 6.04 Å². The number of carbonyl (C=O) groups is 1. The van der Waals surface area contributed by atoms with E-state index in [4.69, 9.17) is 4.74 Å². The van der Waals surface area contributed by atoms with Crippen molar-refractivity contribution >= 4 is 5.91 Å². The number of ether oxygens (including phenoxy) is 1. The van der Waals surface area contributed by atoms with E-state index in [9.17, 15) is 4.79 Å². The Morgan fingerprint density at radius 3 is 2.74 bits per heavy atom. The molecular formula is C18H25N3O2. The lowest BCUT2D eigenvalue weighted by atomic mass is 10.1. The van der Waals surface area contributed by atoms with E-state index in [0.717, 1.165) is 11.1 Å². The van der Waals surface area contributed by atoms with Crippen LogP contribution in [0.15, 0.2) is 43.0 Å². The first-order chi connectivity index (χ1) is 10.8. The van der Waals surface area contributed by atoms with Gasteiger partial charge in [-0.2, -0.15) is 0 Å². The van der Waals surface area contributed by atoms with Gasteiger partial charge in [0.25, 0.3) is 0 Å². The number of nitrogens with zero attached hydrogens (tertiary/aromatic N) is 2. The van der Waals surface area contributed by atoms with E-state index in [1.807, 2.05) is 45.9 Å². The number of hydrogen-bond donors (Lipinski definition) is 1. The Kier molecular flexibility index (Phi) is 5.55. The highest BCUT2D eigenvalue weighted by Gasteiger charge is 2.14.